The van der Waals surface area contributed by atoms with Crippen LogP contribution in [0.5, 0.6) is 11.5 Å². The van der Waals surface area contributed by atoms with Gasteiger partial charge in [-0.2, -0.15) is 0 Å². The van der Waals surface area contributed by atoms with Gasteiger partial charge in [0.2, 0.25) is 0 Å². The van der Waals surface area contributed by atoms with Crippen LogP contribution in [0.1, 0.15) is 18.3 Å². The molecule has 1 heterocycles. The molecule has 0 unspecified atom stereocenters. The summed E-state index contributed by atoms with van der Waals surface area (Å²) in [6, 6.07) is 19.9. The van der Waals surface area contributed by atoms with Crippen LogP contribution < -0.4 is 9.47 Å². The van der Waals surface area contributed by atoms with E-state index in [2.05, 4.69) is 26.1 Å². The first kappa shape index (κ1) is 23.6. The third-order valence-electron chi connectivity index (χ3n) is 4.70. The molecule has 9 heteroatoms. The largest absolute Gasteiger partial charge is 0.494 e. The first-order valence-corrected chi connectivity index (χ1v) is 12.3. The van der Waals surface area contributed by atoms with Crippen LogP contribution >= 0.6 is 39.3 Å². The molecule has 33 heavy (non-hydrogen) atoms. The van der Waals surface area contributed by atoms with Gasteiger partial charge in [0, 0.05) is 26.5 Å². The molecule has 4 aromatic rings. The predicted octanol–water partition coefficient (Wildman–Crippen LogP) is 7.09. The number of aromatic nitrogens is 3. The van der Waals surface area contributed by atoms with Crippen molar-refractivity contribution in [3.05, 3.63) is 93.4 Å². The molecule has 3 aromatic carbocycles. The Bertz CT molecular complexity index is 1200. The Kier molecular flexibility index (Phi) is 7.90. The zero-order valence-corrected chi connectivity index (χ0v) is 20.8. The van der Waals surface area contributed by atoms with Gasteiger partial charge in [-0.25, -0.2) is 4.39 Å². The third-order valence-corrected chi connectivity index (χ3v) is 6.53. The Morgan fingerprint density at radius 1 is 0.970 bits per heavy atom. The maximum absolute atomic E-state index is 14.3. The van der Waals surface area contributed by atoms with Crippen molar-refractivity contribution in [2.75, 3.05) is 6.61 Å². The molecule has 170 valence electrons. The normalized spacial score (nSPS) is 10.9. The van der Waals surface area contributed by atoms with E-state index >= 15 is 0 Å². The average Bonchev–Trinajstić information content (AvgIpc) is 3.22. The van der Waals surface area contributed by atoms with Crippen LogP contribution in [0.2, 0.25) is 5.02 Å². The van der Waals surface area contributed by atoms with Gasteiger partial charge < -0.3 is 9.47 Å². The molecule has 0 radical (unpaired) electrons. The van der Waals surface area contributed by atoms with Crippen molar-refractivity contribution in [2.24, 2.45) is 0 Å². The zero-order chi connectivity index (χ0) is 23.2. The zero-order valence-electron chi connectivity index (χ0n) is 17.7. The van der Waals surface area contributed by atoms with Gasteiger partial charge in [0.25, 0.3) is 0 Å². The van der Waals surface area contributed by atoms with Crippen molar-refractivity contribution in [1.82, 2.24) is 14.8 Å². The molecule has 0 spiro atoms. The van der Waals surface area contributed by atoms with Crippen molar-refractivity contribution in [3.8, 4) is 17.2 Å². The molecule has 5 nitrogen and oxygen atoms in total. The number of ether oxygens (including phenoxy) is 2. The number of thioether (sulfide) groups is 1. The molecule has 0 bridgehead atoms. The fraction of sp³-hybridized carbons (Fsp3) is 0.167. The molecule has 0 fully saturated rings. The highest BCUT2D eigenvalue weighted by Crippen LogP contribution is 2.30. The molecule has 0 atom stereocenters. The summed E-state index contributed by atoms with van der Waals surface area (Å²) in [6.45, 7) is 2.74. The van der Waals surface area contributed by atoms with E-state index in [1.54, 1.807) is 12.1 Å². The Labute approximate surface area is 209 Å². The van der Waals surface area contributed by atoms with E-state index in [1.165, 1.54) is 17.8 Å². The van der Waals surface area contributed by atoms with E-state index in [-0.39, 0.29) is 12.4 Å². The number of halogens is 3. The average molecular weight is 549 g/mol. The van der Waals surface area contributed by atoms with Crippen molar-refractivity contribution in [2.45, 2.75) is 24.4 Å². The molecule has 0 N–H and O–H groups in total. The SMILES string of the molecule is CCOc1ccc(-n2c(COc3ccc(Br)cc3)nnc2SCc2c(F)cccc2Cl)cc1. The summed E-state index contributed by atoms with van der Waals surface area (Å²) >= 11 is 11.0. The minimum Gasteiger partial charge on any atom is -0.494 e. The molecule has 4 rings (SSSR count). The summed E-state index contributed by atoms with van der Waals surface area (Å²) in [4.78, 5) is 0. The van der Waals surface area contributed by atoms with Crippen LogP contribution in [-0.2, 0) is 12.4 Å². The summed E-state index contributed by atoms with van der Waals surface area (Å²) in [5.41, 5.74) is 1.28. The van der Waals surface area contributed by atoms with E-state index in [4.69, 9.17) is 21.1 Å². The van der Waals surface area contributed by atoms with Crippen LogP contribution in [0.15, 0.2) is 76.4 Å². The third kappa shape index (κ3) is 5.88. The minimum absolute atomic E-state index is 0.211. The minimum atomic E-state index is -0.346. The number of hydrogen-bond acceptors (Lipinski definition) is 5. The quantitative estimate of drug-likeness (QED) is 0.209. The first-order valence-electron chi connectivity index (χ1n) is 10.2. The number of rotatable bonds is 9. The molecule has 0 amide bonds. The summed E-state index contributed by atoms with van der Waals surface area (Å²) in [5.74, 6) is 2.07. The molecule has 0 aliphatic heterocycles. The second-order valence-electron chi connectivity index (χ2n) is 6.89. The predicted molar refractivity (Wildman–Crippen MR) is 132 cm³/mol. The monoisotopic (exact) mass is 547 g/mol. The van der Waals surface area contributed by atoms with Crippen LogP contribution in [0, 0.1) is 5.82 Å². The summed E-state index contributed by atoms with van der Waals surface area (Å²) < 4.78 is 28.6. The highest BCUT2D eigenvalue weighted by atomic mass is 79.9. The van der Waals surface area contributed by atoms with E-state index in [0.29, 0.717) is 39.7 Å². The van der Waals surface area contributed by atoms with Gasteiger partial charge in [0.05, 0.1) is 6.61 Å². The lowest BCUT2D eigenvalue weighted by molar-refractivity contribution is 0.292. The molecular formula is C24H20BrClFN3O2S. The van der Waals surface area contributed by atoms with Crippen LogP contribution in [-0.4, -0.2) is 21.4 Å². The standard InChI is InChI=1S/C24H20BrClFN3O2S/c1-2-31-18-12-8-17(9-13-18)30-23(14-32-19-10-6-16(25)7-11-19)28-29-24(30)33-15-20-21(26)4-3-5-22(20)27/h3-13H,2,14-15H2,1H3. The van der Waals surface area contributed by atoms with E-state index < -0.39 is 0 Å². The molecule has 0 saturated carbocycles. The van der Waals surface area contributed by atoms with Gasteiger partial charge in [0.15, 0.2) is 11.0 Å². The maximum Gasteiger partial charge on any atom is 0.196 e. The van der Waals surface area contributed by atoms with Gasteiger partial charge in [-0.1, -0.05) is 45.4 Å². The van der Waals surface area contributed by atoms with Gasteiger partial charge in [-0.05, 0) is 67.6 Å². The molecule has 0 aliphatic carbocycles. The van der Waals surface area contributed by atoms with E-state index in [1.807, 2.05) is 60.0 Å². The van der Waals surface area contributed by atoms with Crippen molar-refractivity contribution in [1.29, 1.82) is 0 Å². The lowest BCUT2D eigenvalue weighted by atomic mass is 10.2. The fourth-order valence-electron chi connectivity index (χ4n) is 3.09. The lowest BCUT2D eigenvalue weighted by Crippen LogP contribution is -2.07. The number of benzene rings is 3. The first-order chi connectivity index (χ1) is 16.0. The van der Waals surface area contributed by atoms with E-state index in [0.717, 1.165) is 15.9 Å². The highest BCUT2D eigenvalue weighted by molar-refractivity contribution is 9.10. The van der Waals surface area contributed by atoms with Gasteiger partial charge in [-0.15, -0.1) is 10.2 Å². The Morgan fingerprint density at radius 3 is 2.36 bits per heavy atom. The Balaban J connectivity index is 1.61. The Morgan fingerprint density at radius 2 is 1.67 bits per heavy atom. The molecule has 1 aromatic heterocycles. The van der Waals surface area contributed by atoms with Crippen molar-refractivity contribution < 1.29 is 13.9 Å². The summed E-state index contributed by atoms with van der Waals surface area (Å²) in [7, 11) is 0. The molecule has 0 saturated heterocycles. The smallest absolute Gasteiger partial charge is 0.196 e. The Hall–Kier alpha value is -2.55. The second-order valence-corrected chi connectivity index (χ2v) is 9.16. The lowest BCUT2D eigenvalue weighted by Gasteiger charge is -2.12. The summed E-state index contributed by atoms with van der Waals surface area (Å²) in [5, 5.41) is 9.67. The fourth-order valence-corrected chi connectivity index (χ4v) is 4.67. The maximum atomic E-state index is 14.3. The highest BCUT2D eigenvalue weighted by Gasteiger charge is 2.17. The number of hydrogen-bond donors (Lipinski definition) is 0. The molecular weight excluding hydrogens is 529 g/mol. The van der Waals surface area contributed by atoms with Crippen LogP contribution in [0.3, 0.4) is 0 Å². The van der Waals surface area contributed by atoms with Crippen molar-refractivity contribution >= 4 is 39.3 Å². The second kappa shape index (κ2) is 11.0. The summed E-state index contributed by atoms with van der Waals surface area (Å²) in [6.07, 6.45) is 0. The van der Waals surface area contributed by atoms with Gasteiger partial charge in [-0.3, -0.25) is 4.57 Å². The van der Waals surface area contributed by atoms with Gasteiger partial charge >= 0.3 is 0 Å². The van der Waals surface area contributed by atoms with Gasteiger partial charge in [0.1, 0.15) is 23.9 Å². The number of nitrogens with zero attached hydrogens (tertiary/aromatic N) is 3. The molecule has 0 aliphatic rings. The van der Waals surface area contributed by atoms with E-state index in [9.17, 15) is 4.39 Å². The topological polar surface area (TPSA) is 49.2 Å². The van der Waals surface area contributed by atoms with Crippen LogP contribution in [0.4, 0.5) is 4.39 Å². The van der Waals surface area contributed by atoms with Crippen LogP contribution in [0.25, 0.3) is 5.69 Å². The van der Waals surface area contributed by atoms with Crippen molar-refractivity contribution in [3.63, 3.8) is 0 Å².